The van der Waals surface area contributed by atoms with E-state index in [9.17, 15) is 10.5 Å². The highest BCUT2D eigenvalue weighted by molar-refractivity contribution is 5.72. The summed E-state index contributed by atoms with van der Waals surface area (Å²) in [5.41, 5.74) is 18.7. The smallest absolute Gasteiger partial charge is 0.195 e. The van der Waals surface area contributed by atoms with E-state index < -0.39 is 5.79 Å². The Balaban J connectivity index is 0.000000117. The summed E-state index contributed by atoms with van der Waals surface area (Å²) >= 11 is 0. The molecule has 4 saturated carbocycles. The number of nitrogens with zero attached hydrogens (tertiary/aromatic N) is 6. The molecule has 688 valence electrons. The zero-order valence-electron chi connectivity index (χ0n) is 78.5. The third-order valence-corrected chi connectivity index (χ3v) is 34.6. The van der Waals surface area contributed by atoms with Gasteiger partial charge in [0.1, 0.15) is 0 Å². The topological polar surface area (TPSA) is 164 Å². The molecule has 13 aliphatic rings. The van der Waals surface area contributed by atoms with Crippen LogP contribution in [0.1, 0.15) is 405 Å². The van der Waals surface area contributed by atoms with E-state index >= 15 is 0 Å². The summed E-state index contributed by atoms with van der Waals surface area (Å²) < 4.78 is 44.2. The minimum atomic E-state index is -0.488. The highest BCUT2D eigenvalue weighted by Crippen LogP contribution is 2.58. The first-order chi connectivity index (χ1) is 63.9. The van der Waals surface area contributed by atoms with Crippen molar-refractivity contribution in [3.63, 3.8) is 0 Å². The molecule has 5 spiro atoms. The van der Waals surface area contributed by atoms with Crippen molar-refractivity contribution in [2.45, 2.75) is 388 Å². The maximum absolute atomic E-state index is 9.25. The quantitative estimate of drug-likeness (QED) is 0.0526. The molecule has 10 atom stereocenters. The molecule has 4 aromatic heterocycles. The third-order valence-electron chi connectivity index (χ3n) is 34.6. The fourth-order valence-electron chi connectivity index (χ4n) is 28.3. The molecule has 0 bridgehead atoms. The summed E-state index contributed by atoms with van der Waals surface area (Å²) in [5, 5.41) is 18.4. The van der Waals surface area contributed by atoms with Gasteiger partial charge in [-0.25, -0.2) is 0 Å². The highest BCUT2D eigenvalue weighted by atomic mass is 16.7. The molecule has 13 nitrogen and oxygen atoms in total. The van der Waals surface area contributed by atoms with Crippen molar-refractivity contribution in [1.82, 2.24) is 19.9 Å². The second-order valence-electron chi connectivity index (χ2n) is 42.3. The Morgan fingerprint density at radius 1 is 0.354 bits per heavy atom. The Hall–Kier alpha value is -8.08. The standard InChI is InChI=1S/C30H41NO2.C29H36N2O.C29H34N2O.C29H37NO3/c1-2-21-32-27-15-14-24(25-11-3-4-12-26(25)27)10-9-16-29(28-13-5-8-20-31-28)19-22-33-30(23-29)17-6-7-18-30;2*30-19-14-24-13-12-23(25-9-1-2-10-26(24)25)8-7-15-28(27-11-3-6-20-31-27)18-21-32-29(22-28)16-4-5-17-29;1-2-10-25-24(9-1)23(12-16-29(25)32-20-21-33-29)8-7-13-27(26-11-3-6-18-30-26)17-19-31-28(22-27)14-4-5-15-28/h3-5,8,11-13,20,24,27H,2,6-7,9-10,14-19,21-23H2,1H3;1-3,6,9-11,20,23-24H,4-5,7-8,12-18,21-22H2;1-3,6,9-11,14,20,23H,4-5,7-8,12-13,15-18,21-22H2;1-3,6,9-11,18,23H,4-5,7-8,12-17,19-22H2/b;;24-14+;/t24-,27-,29+;23-,24?,28+;23-,28+;23-,27+/m0000/s1. The van der Waals surface area contributed by atoms with E-state index in [0.717, 1.165) is 129 Å². The molecule has 130 heavy (non-hydrogen) atoms. The Morgan fingerprint density at radius 2 is 0.708 bits per heavy atom. The summed E-state index contributed by atoms with van der Waals surface area (Å²) in [4.78, 5) is 19.5. The molecule has 9 heterocycles. The number of ether oxygens (including phenoxy) is 7. The fourth-order valence-corrected chi connectivity index (χ4v) is 28.3. The van der Waals surface area contributed by atoms with Crippen molar-refractivity contribution < 1.29 is 33.2 Å². The predicted molar refractivity (Wildman–Crippen MR) is 517 cm³/mol. The zero-order valence-corrected chi connectivity index (χ0v) is 78.5. The number of aromatic nitrogens is 4. The van der Waals surface area contributed by atoms with Crippen LogP contribution in [0.3, 0.4) is 0 Å². The largest absolute Gasteiger partial charge is 0.375 e. The first-order valence-corrected chi connectivity index (χ1v) is 51.9. The van der Waals surface area contributed by atoms with E-state index in [2.05, 4.69) is 171 Å². The van der Waals surface area contributed by atoms with Gasteiger partial charge in [0.2, 0.25) is 0 Å². The van der Waals surface area contributed by atoms with Gasteiger partial charge in [0.15, 0.2) is 5.79 Å². The fraction of sp³-hybridized carbons (Fsp3) is 0.590. The van der Waals surface area contributed by atoms with Crippen LogP contribution in [0.15, 0.2) is 201 Å². The van der Waals surface area contributed by atoms with Gasteiger partial charge in [0.25, 0.3) is 0 Å². The van der Waals surface area contributed by atoms with Gasteiger partial charge in [0.05, 0.1) is 53.9 Å². The maximum Gasteiger partial charge on any atom is 0.195 e. The van der Waals surface area contributed by atoms with Gasteiger partial charge in [-0.1, -0.05) is 205 Å². The Kier molecular flexibility index (Phi) is 30.3. The van der Waals surface area contributed by atoms with Gasteiger partial charge >= 0.3 is 0 Å². The number of benzene rings is 4. The average Bonchev–Trinajstić information content (AvgIpc) is 1.00. The van der Waals surface area contributed by atoms with Crippen LogP contribution in [0.2, 0.25) is 0 Å². The molecule has 4 aromatic carbocycles. The molecule has 5 aliphatic heterocycles. The highest BCUT2D eigenvalue weighted by Gasteiger charge is 2.54. The third kappa shape index (κ3) is 20.7. The Labute approximate surface area is 778 Å². The molecule has 0 N–H and O–H groups in total. The van der Waals surface area contributed by atoms with E-state index in [0.29, 0.717) is 49.2 Å². The van der Waals surface area contributed by atoms with E-state index in [1.165, 1.54) is 265 Å². The van der Waals surface area contributed by atoms with Crippen LogP contribution in [-0.2, 0) is 60.6 Å². The molecule has 8 aromatic rings. The molecule has 8 aliphatic carbocycles. The first-order valence-electron chi connectivity index (χ1n) is 51.9. The maximum atomic E-state index is 9.25. The van der Waals surface area contributed by atoms with Crippen molar-refractivity contribution in [2.24, 2.45) is 0 Å². The van der Waals surface area contributed by atoms with Crippen molar-refractivity contribution in [1.29, 1.82) is 10.5 Å². The molecule has 13 heteroatoms. The lowest BCUT2D eigenvalue weighted by Crippen LogP contribution is -2.46. The van der Waals surface area contributed by atoms with Gasteiger partial charge in [-0.05, 0) is 328 Å². The second kappa shape index (κ2) is 42.7. The van der Waals surface area contributed by atoms with E-state index in [1.807, 2.05) is 43.0 Å². The summed E-state index contributed by atoms with van der Waals surface area (Å²) in [5.74, 6) is 2.39. The lowest BCUT2D eigenvalue weighted by atomic mass is 9.66. The molecule has 1 unspecified atom stereocenters. The number of nitriles is 2. The summed E-state index contributed by atoms with van der Waals surface area (Å²) in [6.45, 7) is 7.97. The van der Waals surface area contributed by atoms with Crippen LogP contribution in [0.4, 0.5) is 0 Å². The Morgan fingerprint density at radius 3 is 1.12 bits per heavy atom. The molecule has 21 rings (SSSR count). The van der Waals surface area contributed by atoms with Crippen LogP contribution in [-0.4, -0.2) is 88.6 Å². The number of pyridine rings is 4. The average molecular weight is 1750 g/mol. The van der Waals surface area contributed by atoms with Crippen molar-refractivity contribution >= 4 is 5.57 Å². The molecular weight excluding hydrogens is 1600 g/mol. The lowest BCUT2D eigenvalue weighted by molar-refractivity contribution is -0.177. The zero-order chi connectivity index (χ0) is 88.5. The number of rotatable bonds is 24. The molecular formula is C117H148N6O7. The SMILES string of the molecule is CCCO[C@H]1CC[C@H](CCC[C@@]2(c3ccccn3)CCOC3(CCCC3)C2)c2ccccc21.N#C/C=C1\CC[C@H](CCC[C@@]2(c3ccccn3)CCOC3(CCCC3)C2)c2ccccc21.N#CCC1CC[C@H](CCC[C@@]2(c3ccccn3)CCOC3(CCCC3)C2)c2ccccc21.c1ccc([C@]2(CCC[C@H]3CCC4(OCCO4)c4ccccc43)CCOC3(CCCC3)C2)nc1. The molecule has 0 amide bonds. The van der Waals surface area contributed by atoms with Gasteiger partial charge in [-0.15, -0.1) is 0 Å². The Bertz CT molecular complexity index is 5040. The molecule has 5 saturated heterocycles. The van der Waals surface area contributed by atoms with Crippen LogP contribution >= 0.6 is 0 Å². The summed E-state index contributed by atoms with van der Waals surface area (Å²) in [6.07, 6.45) is 64.6. The minimum Gasteiger partial charge on any atom is -0.375 e. The number of allylic oxidation sites excluding steroid dienone is 2. The molecule has 9 fully saturated rings. The van der Waals surface area contributed by atoms with Crippen LogP contribution < -0.4 is 0 Å². The van der Waals surface area contributed by atoms with Crippen LogP contribution in [0.25, 0.3) is 5.57 Å². The normalized spacial score (nSPS) is 28.8. The monoisotopic (exact) mass is 1750 g/mol. The van der Waals surface area contributed by atoms with E-state index in [4.69, 9.17) is 53.1 Å². The van der Waals surface area contributed by atoms with Gasteiger partial charge in [-0.2, -0.15) is 10.5 Å². The van der Waals surface area contributed by atoms with E-state index in [-0.39, 0.29) is 50.2 Å². The predicted octanol–water partition coefficient (Wildman–Crippen LogP) is 28.3. The van der Waals surface area contributed by atoms with Crippen LogP contribution in [0.5, 0.6) is 0 Å². The van der Waals surface area contributed by atoms with E-state index in [1.54, 1.807) is 6.08 Å². The summed E-state index contributed by atoms with van der Waals surface area (Å²) in [6, 6.07) is 66.1. The number of fused-ring (bicyclic) bond motifs is 5. The number of hydrogen-bond acceptors (Lipinski definition) is 13. The minimum absolute atomic E-state index is 0.0875. The second-order valence-corrected chi connectivity index (χ2v) is 42.3. The van der Waals surface area contributed by atoms with Gasteiger partial charge in [0, 0.05) is 127 Å². The lowest BCUT2D eigenvalue weighted by Gasteiger charge is -2.46. The summed E-state index contributed by atoms with van der Waals surface area (Å²) in [7, 11) is 0. The number of hydrogen-bond donors (Lipinski definition) is 0. The van der Waals surface area contributed by atoms with Crippen molar-refractivity contribution in [3.05, 3.63) is 268 Å². The van der Waals surface area contributed by atoms with Gasteiger partial charge < -0.3 is 33.2 Å². The molecule has 0 radical (unpaired) electrons. The van der Waals surface area contributed by atoms with Crippen LogP contribution in [0, 0.1) is 22.7 Å². The van der Waals surface area contributed by atoms with Gasteiger partial charge in [-0.3, -0.25) is 19.9 Å². The first kappa shape index (κ1) is 92.4. The van der Waals surface area contributed by atoms with Crippen molar-refractivity contribution in [2.75, 3.05) is 46.2 Å². The van der Waals surface area contributed by atoms with Crippen molar-refractivity contribution in [3.8, 4) is 12.1 Å².